The highest BCUT2D eigenvalue weighted by atomic mass is 16.5. The van der Waals surface area contributed by atoms with Crippen LogP contribution in [0, 0.1) is 0 Å². The highest BCUT2D eigenvalue weighted by Crippen LogP contribution is 2.18. The van der Waals surface area contributed by atoms with E-state index in [2.05, 4.69) is 74.7 Å². The number of esters is 1. The van der Waals surface area contributed by atoms with Gasteiger partial charge in [-0.3, -0.25) is 9.59 Å². The van der Waals surface area contributed by atoms with Crippen molar-refractivity contribution < 1.29 is 24.5 Å². The topological polar surface area (TPSA) is 95.9 Å². The number of nitrogens with one attached hydrogen (secondary N) is 1. The quantitative estimate of drug-likeness (QED) is 0.0245. The zero-order valence-electron chi connectivity index (χ0n) is 42.7. The van der Waals surface area contributed by atoms with Gasteiger partial charge in [0.05, 0.1) is 25.2 Å². The Kier molecular flexibility index (Phi) is 50.0. The van der Waals surface area contributed by atoms with Crippen LogP contribution in [0.3, 0.4) is 0 Å². The molecule has 0 heterocycles. The van der Waals surface area contributed by atoms with Gasteiger partial charge >= 0.3 is 5.97 Å². The van der Waals surface area contributed by atoms with Crippen LogP contribution in [-0.4, -0.2) is 46.9 Å². The summed E-state index contributed by atoms with van der Waals surface area (Å²) in [5.74, 6) is -0.488. The molecule has 3 unspecified atom stereocenters. The SMILES string of the molecule is CC/C=C/C=C/C=C/CCCCCCCC(CC(=O)NC(CO)C(O)CCCCCCCCCCCCCCC)OC(=O)CCCCCCCCCCC/C=C/CCCCCCCC. The maximum atomic E-state index is 13.2. The Morgan fingerprint density at radius 1 is 0.469 bits per heavy atom. The van der Waals surface area contributed by atoms with Crippen LogP contribution in [0.25, 0.3) is 0 Å². The van der Waals surface area contributed by atoms with Gasteiger partial charge in [0, 0.05) is 6.42 Å². The van der Waals surface area contributed by atoms with Crippen molar-refractivity contribution in [3.05, 3.63) is 48.6 Å². The molecule has 0 aromatic heterocycles. The van der Waals surface area contributed by atoms with Crippen molar-refractivity contribution in [2.45, 2.75) is 302 Å². The molecule has 3 N–H and O–H groups in total. The van der Waals surface area contributed by atoms with Crippen LogP contribution < -0.4 is 5.32 Å². The van der Waals surface area contributed by atoms with Crippen molar-refractivity contribution in [1.29, 1.82) is 0 Å². The van der Waals surface area contributed by atoms with Gasteiger partial charge < -0.3 is 20.3 Å². The molecule has 6 nitrogen and oxygen atoms in total. The predicted octanol–water partition coefficient (Wildman–Crippen LogP) is 17.0. The molecule has 0 aliphatic heterocycles. The summed E-state index contributed by atoms with van der Waals surface area (Å²) < 4.78 is 5.94. The highest BCUT2D eigenvalue weighted by molar-refractivity contribution is 5.77. The Labute approximate surface area is 397 Å². The number of hydrogen-bond acceptors (Lipinski definition) is 5. The maximum Gasteiger partial charge on any atom is 0.306 e. The molecule has 0 aliphatic rings. The second-order valence-corrected chi connectivity index (χ2v) is 19.0. The van der Waals surface area contributed by atoms with Gasteiger partial charge in [0.2, 0.25) is 5.91 Å². The van der Waals surface area contributed by atoms with E-state index in [1.165, 1.54) is 154 Å². The van der Waals surface area contributed by atoms with E-state index in [9.17, 15) is 19.8 Å². The minimum Gasteiger partial charge on any atom is -0.462 e. The minimum absolute atomic E-state index is 0.0644. The molecule has 374 valence electrons. The number of hydrogen-bond donors (Lipinski definition) is 3. The van der Waals surface area contributed by atoms with Gasteiger partial charge in [-0.05, 0) is 70.6 Å². The van der Waals surface area contributed by atoms with E-state index in [1.807, 2.05) is 0 Å². The molecule has 1 amide bonds. The lowest BCUT2D eigenvalue weighted by atomic mass is 10.0. The van der Waals surface area contributed by atoms with Crippen molar-refractivity contribution in [2.75, 3.05) is 6.61 Å². The Hall–Kier alpha value is -2.18. The van der Waals surface area contributed by atoms with Crippen molar-refractivity contribution in [2.24, 2.45) is 0 Å². The number of unbranched alkanes of at least 4 members (excludes halogenated alkanes) is 32. The first-order valence-electron chi connectivity index (χ1n) is 27.9. The number of allylic oxidation sites excluding steroid dienone is 8. The lowest BCUT2D eigenvalue weighted by Gasteiger charge is -2.24. The van der Waals surface area contributed by atoms with Gasteiger partial charge in [-0.25, -0.2) is 0 Å². The van der Waals surface area contributed by atoms with E-state index in [1.54, 1.807) is 0 Å². The van der Waals surface area contributed by atoms with Crippen LogP contribution in [0.15, 0.2) is 48.6 Å². The van der Waals surface area contributed by atoms with Crippen LogP contribution in [0.2, 0.25) is 0 Å². The number of ether oxygens (including phenoxy) is 1. The predicted molar refractivity (Wildman–Crippen MR) is 278 cm³/mol. The van der Waals surface area contributed by atoms with Crippen LogP contribution >= 0.6 is 0 Å². The fourth-order valence-corrected chi connectivity index (χ4v) is 8.49. The molecule has 0 spiro atoms. The molecule has 64 heavy (non-hydrogen) atoms. The van der Waals surface area contributed by atoms with Crippen LogP contribution in [0.5, 0.6) is 0 Å². The first kappa shape index (κ1) is 61.8. The fourth-order valence-electron chi connectivity index (χ4n) is 8.49. The zero-order chi connectivity index (χ0) is 46.7. The number of amides is 1. The van der Waals surface area contributed by atoms with Crippen molar-refractivity contribution >= 4 is 11.9 Å². The van der Waals surface area contributed by atoms with E-state index in [4.69, 9.17) is 4.74 Å². The average Bonchev–Trinajstić information content (AvgIpc) is 3.29. The summed E-state index contributed by atoms with van der Waals surface area (Å²) in [4.78, 5) is 26.2. The normalized spacial score (nSPS) is 13.5. The fraction of sp³-hybridized carbons (Fsp3) is 0.828. The van der Waals surface area contributed by atoms with E-state index in [0.717, 1.165) is 83.5 Å². The lowest BCUT2D eigenvalue weighted by molar-refractivity contribution is -0.151. The summed E-state index contributed by atoms with van der Waals surface area (Å²) >= 11 is 0. The van der Waals surface area contributed by atoms with Crippen LogP contribution in [-0.2, 0) is 14.3 Å². The minimum atomic E-state index is -0.793. The van der Waals surface area contributed by atoms with Crippen molar-refractivity contribution in [3.8, 4) is 0 Å². The zero-order valence-corrected chi connectivity index (χ0v) is 42.7. The molecule has 0 aliphatic carbocycles. The van der Waals surface area contributed by atoms with Crippen molar-refractivity contribution in [1.82, 2.24) is 5.32 Å². The van der Waals surface area contributed by atoms with E-state index < -0.39 is 18.2 Å². The molecule has 0 saturated carbocycles. The highest BCUT2D eigenvalue weighted by Gasteiger charge is 2.24. The average molecular weight is 898 g/mol. The summed E-state index contributed by atoms with van der Waals surface area (Å²) in [6, 6.07) is -0.708. The molecule has 6 heteroatoms. The smallest absolute Gasteiger partial charge is 0.306 e. The molecule has 0 aromatic carbocycles. The van der Waals surface area contributed by atoms with E-state index >= 15 is 0 Å². The number of carbonyl (C=O) groups is 2. The third kappa shape index (κ3) is 46.4. The van der Waals surface area contributed by atoms with Crippen LogP contribution in [0.1, 0.15) is 284 Å². The first-order chi connectivity index (χ1) is 31.5. The standard InChI is InChI=1S/C58H107NO5/c1-4-7-10-13-16-19-22-25-26-27-28-29-30-33-36-39-42-45-48-51-58(63)64-54(49-46-43-40-37-34-31-23-20-17-14-11-8-5-2)52-57(62)59-55(53-60)56(61)50-47-44-41-38-35-32-24-21-18-15-12-9-6-3/h8,11,14,17,20,23,25-26,54-56,60-61H,4-7,9-10,12-13,15-16,18-19,21-22,24,27-53H2,1-3H3,(H,59,62)/b11-8+,17-14+,23-20+,26-25+. The van der Waals surface area contributed by atoms with Gasteiger partial charge in [0.1, 0.15) is 6.10 Å². The molecule has 0 bridgehead atoms. The summed E-state index contributed by atoms with van der Waals surface area (Å²) in [5.41, 5.74) is 0. The Morgan fingerprint density at radius 3 is 1.31 bits per heavy atom. The summed E-state index contributed by atoms with van der Waals surface area (Å²) in [5, 5.41) is 23.8. The van der Waals surface area contributed by atoms with Crippen LogP contribution in [0.4, 0.5) is 0 Å². The first-order valence-corrected chi connectivity index (χ1v) is 27.9. The lowest BCUT2D eigenvalue weighted by Crippen LogP contribution is -2.46. The molecule has 0 radical (unpaired) electrons. The summed E-state index contributed by atoms with van der Waals surface area (Å²) in [6.45, 7) is 6.36. The van der Waals surface area contributed by atoms with Gasteiger partial charge in [-0.1, -0.05) is 249 Å². The van der Waals surface area contributed by atoms with Gasteiger partial charge in [0.25, 0.3) is 0 Å². The van der Waals surface area contributed by atoms with Gasteiger partial charge in [-0.2, -0.15) is 0 Å². The molecular formula is C58H107NO5. The number of aliphatic hydroxyl groups excluding tert-OH is 2. The Bertz CT molecular complexity index is 1100. The monoisotopic (exact) mass is 898 g/mol. The second kappa shape index (κ2) is 51.8. The van der Waals surface area contributed by atoms with E-state index in [0.29, 0.717) is 19.3 Å². The number of aliphatic hydroxyl groups is 2. The third-order valence-electron chi connectivity index (χ3n) is 12.7. The maximum absolute atomic E-state index is 13.2. The van der Waals surface area contributed by atoms with Gasteiger partial charge in [0.15, 0.2) is 0 Å². The Balaban J connectivity index is 4.52. The number of carbonyl (C=O) groups excluding carboxylic acids is 2. The molecule has 0 fully saturated rings. The molecule has 0 rings (SSSR count). The van der Waals surface area contributed by atoms with Crippen molar-refractivity contribution in [3.63, 3.8) is 0 Å². The number of rotatable bonds is 50. The second-order valence-electron chi connectivity index (χ2n) is 19.0. The summed E-state index contributed by atoms with van der Waals surface area (Å²) in [6.07, 6.45) is 63.2. The molecular weight excluding hydrogens is 791 g/mol. The third-order valence-corrected chi connectivity index (χ3v) is 12.7. The van der Waals surface area contributed by atoms with Gasteiger partial charge in [-0.15, -0.1) is 0 Å². The molecule has 0 saturated heterocycles. The molecule has 3 atom stereocenters. The Morgan fingerprint density at radius 2 is 0.859 bits per heavy atom. The summed E-state index contributed by atoms with van der Waals surface area (Å²) in [7, 11) is 0. The van der Waals surface area contributed by atoms with E-state index in [-0.39, 0.29) is 24.9 Å². The largest absolute Gasteiger partial charge is 0.462 e. The molecule has 0 aromatic rings.